The van der Waals surface area contributed by atoms with Crippen LogP contribution in [0.15, 0.2) is 0 Å². The number of piperazine rings is 1. The molecule has 1 saturated carbocycles. The van der Waals surface area contributed by atoms with E-state index < -0.39 is 0 Å². The first-order valence-corrected chi connectivity index (χ1v) is 7.89. The van der Waals surface area contributed by atoms with Crippen LogP contribution >= 0.6 is 0 Å². The molecule has 1 aliphatic carbocycles. The van der Waals surface area contributed by atoms with Crippen LogP contribution < -0.4 is 10.6 Å². The standard InChI is InChI=1S/C15H27N3O2/c1-12(19)13-4-2-3-5-14(13)15(20)17-8-11-18-9-6-16-7-10-18/h13-14,16H,2-11H2,1H3,(H,17,20)/t13?,14-/m1/s1. The van der Waals surface area contributed by atoms with Crippen LogP contribution in [0.4, 0.5) is 0 Å². The summed E-state index contributed by atoms with van der Waals surface area (Å²) in [4.78, 5) is 26.3. The predicted molar refractivity (Wildman–Crippen MR) is 78.4 cm³/mol. The Kier molecular flexibility index (Phi) is 5.98. The van der Waals surface area contributed by atoms with E-state index in [9.17, 15) is 9.59 Å². The second-order valence-electron chi connectivity index (χ2n) is 5.99. The first-order valence-electron chi connectivity index (χ1n) is 7.89. The van der Waals surface area contributed by atoms with Crippen LogP contribution in [0.2, 0.25) is 0 Å². The van der Waals surface area contributed by atoms with Gasteiger partial charge in [-0.2, -0.15) is 0 Å². The predicted octanol–water partition coefficient (Wildman–Crippen LogP) is 0.403. The molecule has 2 aliphatic rings. The van der Waals surface area contributed by atoms with Gasteiger partial charge in [0, 0.05) is 51.1 Å². The Hall–Kier alpha value is -0.940. The van der Waals surface area contributed by atoms with Gasteiger partial charge in [0.2, 0.25) is 5.91 Å². The molecule has 2 fully saturated rings. The number of Topliss-reactive ketones (excluding diaryl/α,β-unsaturated/α-hetero) is 1. The number of ketones is 1. The largest absolute Gasteiger partial charge is 0.355 e. The summed E-state index contributed by atoms with van der Waals surface area (Å²) in [5.74, 6) is 0.110. The van der Waals surface area contributed by atoms with Gasteiger partial charge in [0.15, 0.2) is 0 Å². The summed E-state index contributed by atoms with van der Waals surface area (Å²) < 4.78 is 0. The molecule has 2 rings (SSSR count). The maximum absolute atomic E-state index is 12.3. The minimum Gasteiger partial charge on any atom is -0.355 e. The van der Waals surface area contributed by atoms with Gasteiger partial charge in [-0.15, -0.1) is 0 Å². The molecule has 5 heteroatoms. The molecule has 0 radical (unpaired) electrons. The van der Waals surface area contributed by atoms with Crippen molar-refractivity contribution in [2.24, 2.45) is 11.8 Å². The van der Waals surface area contributed by atoms with Crippen molar-refractivity contribution in [3.8, 4) is 0 Å². The van der Waals surface area contributed by atoms with Crippen molar-refractivity contribution in [1.29, 1.82) is 0 Å². The van der Waals surface area contributed by atoms with Gasteiger partial charge in [0.1, 0.15) is 5.78 Å². The first kappa shape index (κ1) is 15.4. The number of carbonyl (C=O) groups excluding carboxylic acids is 2. The fraction of sp³-hybridized carbons (Fsp3) is 0.867. The van der Waals surface area contributed by atoms with Crippen molar-refractivity contribution in [2.75, 3.05) is 39.3 Å². The molecule has 2 atom stereocenters. The van der Waals surface area contributed by atoms with Crippen LogP contribution in [0.5, 0.6) is 0 Å². The van der Waals surface area contributed by atoms with E-state index in [1.807, 2.05) is 0 Å². The maximum Gasteiger partial charge on any atom is 0.223 e. The number of carbonyl (C=O) groups is 2. The molecule has 0 aromatic heterocycles. The average Bonchev–Trinajstić information content (AvgIpc) is 2.48. The molecule has 2 N–H and O–H groups in total. The molecule has 20 heavy (non-hydrogen) atoms. The Labute approximate surface area is 121 Å². The van der Waals surface area contributed by atoms with Gasteiger partial charge < -0.3 is 10.6 Å². The van der Waals surface area contributed by atoms with Crippen molar-refractivity contribution in [3.63, 3.8) is 0 Å². The second kappa shape index (κ2) is 7.74. The van der Waals surface area contributed by atoms with Crippen LogP contribution in [-0.4, -0.2) is 55.9 Å². The highest BCUT2D eigenvalue weighted by atomic mass is 16.2. The lowest BCUT2D eigenvalue weighted by Gasteiger charge is -2.30. The van der Waals surface area contributed by atoms with E-state index in [2.05, 4.69) is 15.5 Å². The zero-order valence-electron chi connectivity index (χ0n) is 12.5. The number of amides is 1. The third-order valence-corrected chi connectivity index (χ3v) is 4.56. The second-order valence-corrected chi connectivity index (χ2v) is 5.99. The van der Waals surface area contributed by atoms with E-state index in [0.29, 0.717) is 6.54 Å². The Morgan fingerprint density at radius 2 is 1.80 bits per heavy atom. The number of rotatable bonds is 5. The number of nitrogens with zero attached hydrogens (tertiary/aromatic N) is 1. The van der Waals surface area contributed by atoms with E-state index in [-0.39, 0.29) is 23.5 Å². The third kappa shape index (κ3) is 4.28. The lowest BCUT2D eigenvalue weighted by atomic mass is 9.77. The molecule has 0 aromatic carbocycles. The van der Waals surface area contributed by atoms with Gasteiger partial charge in [0.25, 0.3) is 0 Å². The molecule has 1 saturated heterocycles. The average molecular weight is 281 g/mol. The zero-order valence-corrected chi connectivity index (χ0v) is 12.5. The Morgan fingerprint density at radius 3 is 2.45 bits per heavy atom. The van der Waals surface area contributed by atoms with Crippen molar-refractivity contribution < 1.29 is 9.59 Å². The minimum atomic E-state index is -0.0933. The summed E-state index contributed by atoms with van der Waals surface area (Å²) in [6, 6.07) is 0. The van der Waals surface area contributed by atoms with Crippen molar-refractivity contribution in [1.82, 2.24) is 15.5 Å². The van der Waals surface area contributed by atoms with Crippen molar-refractivity contribution >= 4 is 11.7 Å². The van der Waals surface area contributed by atoms with E-state index in [0.717, 1.165) is 58.4 Å². The lowest BCUT2D eigenvalue weighted by Crippen LogP contribution is -2.47. The minimum absolute atomic E-state index is 0.0528. The lowest BCUT2D eigenvalue weighted by molar-refractivity contribution is -0.134. The highest BCUT2D eigenvalue weighted by Crippen LogP contribution is 2.30. The van der Waals surface area contributed by atoms with Crippen LogP contribution in [0.1, 0.15) is 32.6 Å². The molecule has 5 nitrogen and oxygen atoms in total. The number of hydrogen-bond acceptors (Lipinski definition) is 4. The molecule has 1 aliphatic heterocycles. The summed E-state index contributed by atoms with van der Waals surface area (Å²) in [5, 5.41) is 6.35. The molecule has 1 heterocycles. The third-order valence-electron chi connectivity index (χ3n) is 4.56. The topological polar surface area (TPSA) is 61.4 Å². The molecular formula is C15H27N3O2. The normalized spacial score (nSPS) is 28.1. The Balaban J connectivity index is 1.73. The number of hydrogen-bond donors (Lipinski definition) is 2. The van der Waals surface area contributed by atoms with Crippen LogP contribution in [-0.2, 0) is 9.59 Å². The van der Waals surface area contributed by atoms with Crippen molar-refractivity contribution in [3.05, 3.63) is 0 Å². The fourth-order valence-electron chi connectivity index (χ4n) is 3.33. The maximum atomic E-state index is 12.3. The highest BCUT2D eigenvalue weighted by molar-refractivity contribution is 5.87. The van der Waals surface area contributed by atoms with Gasteiger partial charge in [-0.05, 0) is 19.8 Å². The van der Waals surface area contributed by atoms with E-state index in [4.69, 9.17) is 0 Å². The molecule has 0 aromatic rings. The smallest absolute Gasteiger partial charge is 0.223 e. The summed E-state index contributed by atoms with van der Waals surface area (Å²) in [6.45, 7) is 7.39. The molecule has 0 spiro atoms. The molecule has 114 valence electrons. The molecule has 1 unspecified atom stereocenters. The quantitative estimate of drug-likeness (QED) is 0.766. The highest BCUT2D eigenvalue weighted by Gasteiger charge is 2.33. The molecule has 1 amide bonds. The molecule has 0 bridgehead atoms. The monoisotopic (exact) mass is 281 g/mol. The van der Waals surface area contributed by atoms with E-state index in [1.54, 1.807) is 6.92 Å². The summed E-state index contributed by atoms with van der Waals surface area (Å²) >= 11 is 0. The van der Waals surface area contributed by atoms with Gasteiger partial charge in [0.05, 0.1) is 0 Å². The fourth-order valence-corrected chi connectivity index (χ4v) is 3.33. The summed E-state index contributed by atoms with van der Waals surface area (Å²) in [5.41, 5.74) is 0. The van der Waals surface area contributed by atoms with Crippen LogP contribution in [0, 0.1) is 11.8 Å². The van der Waals surface area contributed by atoms with E-state index >= 15 is 0 Å². The SMILES string of the molecule is CC(=O)C1CCCC[C@H]1C(=O)NCCN1CCNCC1. The van der Waals surface area contributed by atoms with Crippen LogP contribution in [0.3, 0.4) is 0 Å². The van der Waals surface area contributed by atoms with Gasteiger partial charge in [-0.1, -0.05) is 12.8 Å². The van der Waals surface area contributed by atoms with Gasteiger partial charge >= 0.3 is 0 Å². The first-order chi connectivity index (χ1) is 9.68. The summed E-state index contributed by atoms with van der Waals surface area (Å²) in [6.07, 6.45) is 3.89. The summed E-state index contributed by atoms with van der Waals surface area (Å²) in [7, 11) is 0. The van der Waals surface area contributed by atoms with E-state index in [1.165, 1.54) is 0 Å². The van der Waals surface area contributed by atoms with Crippen molar-refractivity contribution in [2.45, 2.75) is 32.6 Å². The van der Waals surface area contributed by atoms with Crippen LogP contribution in [0.25, 0.3) is 0 Å². The number of nitrogens with one attached hydrogen (secondary N) is 2. The van der Waals surface area contributed by atoms with Gasteiger partial charge in [-0.25, -0.2) is 0 Å². The Morgan fingerprint density at radius 1 is 1.15 bits per heavy atom. The Bertz CT molecular complexity index is 340. The zero-order chi connectivity index (χ0) is 14.4. The van der Waals surface area contributed by atoms with Gasteiger partial charge in [-0.3, -0.25) is 14.5 Å². The molecular weight excluding hydrogens is 254 g/mol.